The van der Waals surface area contributed by atoms with Crippen molar-refractivity contribution < 1.29 is 4.79 Å². The minimum absolute atomic E-state index is 0.181. The van der Waals surface area contributed by atoms with Crippen LogP contribution in [0, 0.1) is 16.7 Å². The molecule has 1 amide bonds. The van der Waals surface area contributed by atoms with Crippen LogP contribution in [0.5, 0.6) is 0 Å². The van der Waals surface area contributed by atoms with Gasteiger partial charge in [-0.2, -0.15) is 0 Å². The van der Waals surface area contributed by atoms with E-state index >= 15 is 0 Å². The van der Waals surface area contributed by atoms with Gasteiger partial charge in [0.2, 0.25) is 5.91 Å². The molecule has 0 bridgehead atoms. The molecule has 0 spiro atoms. The van der Waals surface area contributed by atoms with Crippen molar-refractivity contribution in [2.45, 2.75) is 59.8 Å². The fourth-order valence-electron chi connectivity index (χ4n) is 2.49. The van der Waals surface area contributed by atoms with E-state index in [2.05, 4.69) is 33.0 Å². The van der Waals surface area contributed by atoms with Crippen LogP contribution in [0.1, 0.15) is 59.8 Å². The minimum Gasteiger partial charge on any atom is -0.355 e. The second-order valence-corrected chi connectivity index (χ2v) is 7.02. The van der Waals surface area contributed by atoms with Gasteiger partial charge in [0.15, 0.2) is 0 Å². The molecule has 3 heteroatoms. The molecule has 0 saturated heterocycles. The Balaban J connectivity index is 2.53. The zero-order valence-electron chi connectivity index (χ0n) is 12.5. The predicted octanol–water partition coefficient (Wildman–Crippen LogP) is 2.69. The Kier molecular flexibility index (Phi) is 5.20. The van der Waals surface area contributed by atoms with Gasteiger partial charge in [-0.25, -0.2) is 0 Å². The quantitative estimate of drug-likeness (QED) is 0.810. The topological polar surface area (TPSA) is 55.1 Å². The van der Waals surface area contributed by atoms with Crippen molar-refractivity contribution in [3.05, 3.63) is 0 Å². The summed E-state index contributed by atoms with van der Waals surface area (Å²) in [6.07, 6.45) is 5.44. The molecule has 1 fully saturated rings. The van der Waals surface area contributed by atoms with Crippen LogP contribution < -0.4 is 11.1 Å². The molecular weight excluding hydrogens is 224 g/mol. The molecule has 3 N–H and O–H groups in total. The summed E-state index contributed by atoms with van der Waals surface area (Å²) in [6.45, 7) is 10.1. The lowest BCUT2D eigenvalue weighted by molar-refractivity contribution is -0.132. The normalized spacial score (nSPS) is 21.4. The Morgan fingerprint density at radius 3 is 2.28 bits per heavy atom. The van der Waals surface area contributed by atoms with Gasteiger partial charge in [0, 0.05) is 13.1 Å². The molecule has 1 aliphatic carbocycles. The van der Waals surface area contributed by atoms with E-state index in [0.29, 0.717) is 12.5 Å². The van der Waals surface area contributed by atoms with Gasteiger partial charge in [0.1, 0.15) is 0 Å². The van der Waals surface area contributed by atoms with Gasteiger partial charge in [-0.05, 0) is 24.2 Å². The summed E-state index contributed by atoms with van der Waals surface area (Å²) in [7, 11) is 0. The Morgan fingerprint density at radius 1 is 1.28 bits per heavy atom. The minimum atomic E-state index is -0.282. The number of nitrogens with one attached hydrogen (secondary N) is 1. The SMILES string of the molecule is CC(CNC(=O)C1(CN)CCCCC1)C(C)(C)C. The third-order valence-corrected chi connectivity index (χ3v) is 4.73. The van der Waals surface area contributed by atoms with Gasteiger partial charge < -0.3 is 11.1 Å². The summed E-state index contributed by atoms with van der Waals surface area (Å²) < 4.78 is 0. The average Bonchev–Trinajstić information content (AvgIpc) is 2.35. The number of amides is 1. The first-order chi connectivity index (χ1) is 8.32. The highest BCUT2D eigenvalue weighted by atomic mass is 16.2. The highest BCUT2D eigenvalue weighted by molar-refractivity contribution is 5.83. The second-order valence-electron chi connectivity index (χ2n) is 7.02. The molecule has 18 heavy (non-hydrogen) atoms. The summed E-state index contributed by atoms with van der Waals surface area (Å²) in [5.41, 5.74) is 5.82. The molecule has 1 saturated carbocycles. The molecule has 106 valence electrons. The van der Waals surface area contributed by atoms with E-state index in [-0.39, 0.29) is 16.7 Å². The first-order valence-electron chi connectivity index (χ1n) is 7.30. The molecule has 0 aromatic carbocycles. The molecule has 1 rings (SSSR count). The molecular formula is C15H30N2O. The zero-order chi connectivity index (χ0) is 13.8. The van der Waals surface area contributed by atoms with Crippen molar-refractivity contribution in [2.75, 3.05) is 13.1 Å². The summed E-state index contributed by atoms with van der Waals surface area (Å²) in [5.74, 6) is 0.653. The smallest absolute Gasteiger partial charge is 0.227 e. The van der Waals surface area contributed by atoms with Crippen LogP contribution in [0.2, 0.25) is 0 Å². The van der Waals surface area contributed by atoms with Crippen LogP contribution in [0.25, 0.3) is 0 Å². The maximum absolute atomic E-state index is 12.4. The Hall–Kier alpha value is -0.570. The molecule has 0 aliphatic heterocycles. The monoisotopic (exact) mass is 254 g/mol. The Bertz CT molecular complexity index is 275. The molecule has 0 aromatic heterocycles. The van der Waals surface area contributed by atoms with Crippen LogP contribution in [-0.4, -0.2) is 19.0 Å². The van der Waals surface area contributed by atoms with Crippen LogP contribution in [-0.2, 0) is 4.79 Å². The standard InChI is InChI=1S/C15H30N2O/c1-12(14(2,3)4)10-17-13(18)15(11-16)8-6-5-7-9-15/h12H,5-11,16H2,1-4H3,(H,17,18). The summed E-state index contributed by atoms with van der Waals surface area (Å²) >= 11 is 0. The lowest BCUT2D eigenvalue weighted by Gasteiger charge is -2.36. The van der Waals surface area contributed by atoms with Gasteiger partial charge in [-0.3, -0.25) is 4.79 Å². The fourth-order valence-corrected chi connectivity index (χ4v) is 2.49. The predicted molar refractivity (Wildman–Crippen MR) is 76.2 cm³/mol. The van der Waals surface area contributed by atoms with E-state index in [1.807, 2.05) is 0 Å². The van der Waals surface area contributed by atoms with Crippen LogP contribution in [0.15, 0.2) is 0 Å². The highest BCUT2D eigenvalue weighted by Crippen LogP contribution is 2.35. The maximum Gasteiger partial charge on any atom is 0.227 e. The molecule has 3 nitrogen and oxygen atoms in total. The molecule has 1 aliphatic rings. The van der Waals surface area contributed by atoms with Crippen molar-refractivity contribution >= 4 is 5.91 Å². The number of hydrogen-bond acceptors (Lipinski definition) is 2. The van der Waals surface area contributed by atoms with Gasteiger partial charge in [-0.1, -0.05) is 47.0 Å². The summed E-state index contributed by atoms with van der Waals surface area (Å²) in [6, 6.07) is 0. The number of carbonyl (C=O) groups is 1. The van der Waals surface area contributed by atoms with E-state index in [4.69, 9.17) is 5.73 Å². The zero-order valence-corrected chi connectivity index (χ0v) is 12.5. The summed E-state index contributed by atoms with van der Waals surface area (Å²) in [4.78, 5) is 12.4. The van der Waals surface area contributed by atoms with Crippen molar-refractivity contribution in [1.29, 1.82) is 0 Å². The lowest BCUT2D eigenvalue weighted by atomic mass is 9.73. The van der Waals surface area contributed by atoms with E-state index in [1.165, 1.54) is 6.42 Å². The fraction of sp³-hybridized carbons (Fsp3) is 0.933. The third kappa shape index (κ3) is 3.71. The Labute approximate surface area is 112 Å². The van der Waals surface area contributed by atoms with E-state index in [1.54, 1.807) is 0 Å². The maximum atomic E-state index is 12.4. The van der Waals surface area contributed by atoms with Crippen LogP contribution >= 0.6 is 0 Å². The number of carbonyl (C=O) groups excluding carboxylic acids is 1. The third-order valence-electron chi connectivity index (χ3n) is 4.73. The Morgan fingerprint density at radius 2 is 1.83 bits per heavy atom. The van der Waals surface area contributed by atoms with E-state index < -0.39 is 0 Å². The van der Waals surface area contributed by atoms with E-state index in [9.17, 15) is 4.79 Å². The number of rotatable bonds is 4. The molecule has 1 atom stereocenters. The second kappa shape index (κ2) is 6.05. The molecule has 1 unspecified atom stereocenters. The van der Waals surface area contributed by atoms with Crippen molar-refractivity contribution in [3.63, 3.8) is 0 Å². The van der Waals surface area contributed by atoms with Crippen molar-refractivity contribution in [2.24, 2.45) is 22.5 Å². The van der Waals surface area contributed by atoms with Gasteiger partial charge in [-0.15, -0.1) is 0 Å². The largest absolute Gasteiger partial charge is 0.355 e. The highest BCUT2D eigenvalue weighted by Gasteiger charge is 2.38. The van der Waals surface area contributed by atoms with Gasteiger partial charge in [0.05, 0.1) is 5.41 Å². The number of hydrogen-bond donors (Lipinski definition) is 2. The van der Waals surface area contributed by atoms with Crippen molar-refractivity contribution in [1.82, 2.24) is 5.32 Å². The van der Waals surface area contributed by atoms with Gasteiger partial charge >= 0.3 is 0 Å². The molecule has 0 heterocycles. The van der Waals surface area contributed by atoms with Crippen molar-refractivity contribution in [3.8, 4) is 0 Å². The van der Waals surface area contributed by atoms with Crippen LogP contribution in [0.4, 0.5) is 0 Å². The van der Waals surface area contributed by atoms with E-state index in [0.717, 1.165) is 32.2 Å². The van der Waals surface area contributed by atoms with Gasteiger partial charge in [0.25, 0.3) is 0 Å². The molecule has 0 radical (unpaired) electrons. The lowest BCUT2D eigenvalue weighted by Crippen LogP contribution is -2.48. The first kappa shape index (κ1) is 15.5. The first-order valence-corrected chi connectivity index (χ1v) is 7.30. The van der Waals surface area contributed by atoms with Crippen LogP contribution in [0.3, 0.4) is 0 Å². The molecule has 0 aromatic rings. The number of nitrogens with two attached hydrogens (primary N) is 1. The summed E-state index contributed by atoms with van der Waals surface area (Å²) in [5, 5.41) is 3.13. The average molecular weight is 254 g/mol.